The fraction of sp³-hybridized carbons (Fsp3) is 0.562. The van der Waals surface area contributed by atoms with E-state index >= 15 is 0 Å². The number of hydrogen-bond acceptors (Lipinski definition) is 3. The zero-order valence-electron chi connectivity index (χ0n) is 13.3. The molecule has 0 N–H and O–H groups in total. The second kappa shape index (κ2) is 7.25. The Balaban J connectivity index is 2.15. The van der Waals surface area contributed by atoms with Crippen molar-refractivity contribution in [1.82, 2.24) is 14.5 Å². The van der Waals surface area contributed by atoms with Crippen molar-refractivity contribution in [2.45, 2.75) is 25.8 Å². The number of aryl methyl sites for hydroxylation is 1. The number of imidazole rings is 1. The van der Waals surface area contributed by atoms with E-state index < -0.39 is 0 Å². The number of halogens is 1. The lowest BCUT2D eigenvalue weighted by Crippen LogP contribution is -2.19. The molecule has 0 amide bonds. The minimum atomic E-state index is -0.112. The molecule has 0 saturated heterocycles. The molecule has 0 aliphatic heterocycles. The van der Waals surface area contributed by atoms with Crippen LogP contribution in [0.5, 0.6) is 0 Å². The Kier molecular flexibility index (Phi) is 5.62. The fourth-order valence-corrected chi connectivity index (χ4v) is 2.58. The van der Waals surface area contributed by atoms with Crippen LogP contribution in [0.25, 0.3) is 11.0 Å². The first-order chi connectivity index (χ1) is 10.0. The summed E-state index contributed by atoms with van der Waals surface area (Å²) in [6.07, 6.45) is 0. The molecule has 1 unspecified atom stereocenters. The normalized spacial score (nSPS) is 13.2. The van der Waals surface area contributed by atoms with E-state index in [9.17, 15) is 0 Å². The number of nitrogens with zero attached hydrogens (tertiary/aromatic N) is 3. The number of fused-ring (bicyclic) bond motifs is 1. The van der Waals surface area contributed by atoms with Gasteiger partial charge in [0, 0.05) is 13.1 Å². The van der Waals surface area contributed by atoms with Gasteiger partial charge in [-0.05, 0) is 39.6 Å². The van der Waals surface area contributed by atoms with Crippen molar-refractivity contribution in [2.75, 3.05) is 33.9 Å². The number of rotatable bonds is 7. The van der Waals surface area contributed by atoms with Crippen molar-refractivity contribution >= 4 is 22.6 Å². The molecule has 1 aromatic carbocycles. The molecule has 2 rings (SSSR count). The Morgan fingerprint density at radius 3 is 2.76 bits per heavy atom. The van der Waals surface area contributed by atoms with Gasteiger partial charge in [-0.15, -0.1) is 11.6 Å². The summed E-state index contributed by atoms with van der Waals surface area (Å²) in [5.74, 6) is 0.914. The number of likely N-dealkylation sites (N-methyl/N-ethyl adjacent to an activating group) is 1. The Bertz CT molecular complexity index is 592. The summed E-state index contributed by atoms with van der Waals surface area (Å²) in [7, 11) is 4.09. The first kappa shape index (κ1) is 16.3. The monoisotopic (exact) mass is 309 g/mol. The Morgan fingerprint density at radius 1 is 1.33 bits per heavy atom. The van der Waals surface area contributed by atoms with Crippen LogP contribution in [-0.2, 0) is 11.3 Å². The number of ether oxygens (including phenoxy) is 1. The predicted octanol–water partition coefficient (Wildman–Crippen LogP) is 3.22. The lowest BCUT2D eigenvalue weighted by molar-refractivity contribution is 0.111. The molecule has 21 heavy (non-hydrogen) atoms. The van der Waals surface area contributed by atoms with Gasteiger partial charge in [0.1, 0.15) is 5.82 Å². The van der Waals surface area contributed by atoms with Crippen LogP contribution < -0.4 is 0 Å². The number of benzene rings is 1. The van der Waals surface area contributed by atoms with Crippen molar-refractivity contribution in [1.29, 1.82) is 0 Å². The third-order valence-corrected chi connectivity index (χ3v) is 3.69. The Morgan fingerprint density at radius 2 is 2.10 bits per heavy atom. The number of alkyl halides is 1. The summed E-state index contributed by atoms with van der Waals surface area (Å²) < 4.78 is 7.90. The second-order valence-electron chi connectivity index (χ2n) is 5.60. The van der Waals surface area contributed by atoms with Crippen molar-refractivity contribution in [3.05, 3.63) is 29.6 Å². The van der Waals surface area contributed by atoms with Gasteiger partial charge in [-0.2, -0.15) is 0 Å². The van der Waals surface area contributed by atoms with Gasteiger partial charge in [-0.3, -0.25) is 0 Å². The van der Waals surface area contributed by atoms with Gasteiger partial charge < -0.3 is 14.2 Å². The molecule has 1 atom stereocenters. The van der Waals surface area contributed by atoms with Crippen LogP contribution in [0.15, 0.2) is 18.2 Å². The maximum absolute atomic E-state index is 6.28. The third-order valence-electron chi connectivity index (χ3n) is 3.50. The molecular weight excluding hydrogens is 286 g/mol. The topological polar surface area (TPSA) is 30.3 Å². The highest BCUT2D eigenvalue weighted by Crippen LogP contribution is 2.26. The molecule has 0 fully saturated rings. The molecule has 0 spiro atoms. The second-order valence-corrected chi connectivity index (χ2v) is 6.25. The van der Waals surface area contributed by atoms with Crippen LogP contribution in [0.1, 0.15) is 23.7 Å². The highest BCUT2D eigenvalue weighted by molar-refractivity contribution is 6.20. The lowest BCUT2D eigenvalue weighted by Gasteiger charge is -2.13. The maximum atomic E-state index is 6.28. The summed E-state index contributed by atoms with van der Waals surface area (Å²) in [6, 6.07) is 6.18. The highest BCUT2D eigenvalue weighted by Gasteiger charge is 2.15. The van der Waals surface area contributed by atoms with E-state index in [1.807, 2.05) is 33.2 Å². The molecule has 0 aliphatic carbocycles. The van der Waals surface area contributed by atoms with E-state index in [-0.39, 0.29) is 5.38 Å². The van der Waals surface area contributed by atoms with Gasteiger partial charge in [0.15, 0.2) is 0 Å². The SMILES string of the molecule is Cc1cccc2nc(C(C)Cl)n(CCOCCN(C)C)c12. The summed E-state index contributed by atoms with van der Waals surface area (Å²) >= 11 is 6.28. The van der Waals surface area contributed by atoms with Crippen LogP contribution >= 0.6 is 11.6 Å². The summed E-state index contributed by atoms with van der Waals surface area (Å²) in [4.78, 5) is 6.78. The summed E-state index contributed by atoms with van der Waals surface area (Å²) in [5, 5.41) is -0.112. The first-order valence-electron chi connectivity index (χ1n) is 7.33. The standard InChI is InChI=1S/C16H24ClN3O/c1-12-6-5-7-14-15(12)20(16(18-14)13(2)17)9-11-21-10-8-19(3)4/h5-7,13H,8-11H2,1-4H3. The van der Waals surface area contributed by atoms with Crippen molar-refractivity contribution in [3.8, 4) is 0 Å². The fourth-order valence-electron chi connectivity index (χ4n) is 2.42. The van der Waals surface area contributed by atoms with E-state index in [0.717, 1.165) is 36.6 Å². The molecule has 5 heteroatoms. The average molecular weight is 310 g/mol. The minimum absolute atomic E-state index is 0.112. The lowest BCUT2D eigenvalue weighted by atomic mass is 10.2. The molecule has 4 nitrogen and oxygen atoms in total. The predicted molar refractivity (Wildman–Crippen MR) is 88.1 cm³/mol. The van der Waals surface area contributed by atoms with Crippen molar-refractivity contribution < 1.29 is 4.74 Å². The quantitative estimate of drug-likeness (QED) is 0.581. The number of para-hydroxylation sites is 1. The van der Waals surface area contributed by atoms with E-state index in [1.165, 1.54) is 5.56 Å². The molecule has 0 bridgehead atoms. The molecule has 0 saturated carbocycles. The molecule has 1 heterocycles. The van der Waals surface area contributed by atoms with E-state index in [2.05, 4.69) is 27.4 Å². The smallest absolute Gasteiger partial charge is 0.127 e. The van der Waals surface area contributed by atoms with Crippen molar-refractivity contribution in [2.24, 2.45) is 0 Å². The molecule has 2 aromatic rings. The molecule has 0 aliphatic rings. The third kappa shape index (κ3) is 3.96. The number of hydrogen-bond donors (Lipinski definition) is 0. The van der Waals surface area contributed by atoms with E-state index in [1.54, 1.807) is 0 Å². The summed E-state index contributed by atoms with van der Waals surface area (Å²) in [6.45, 7) is 7.19. The Labute approximate surface area is 131 Å². The van der Waals surface area contributed by atoms with Gasteiger partial charge in [0.25, 0.3) is 0 Å². The van der Waals surface area contributed by atoms with Crippen LogP contribution in [0.4, 0.5) is 0 Å². The maximum Gasteiger partial charge on any atom is 0.127 e. The Hall–Kier alpha value is -1.10. The molecule has 116 valence electrons. The largest absolute Gasteiger partial charge is 0.378 e. The molecular formula is C16H24ClN3O. The van der Waals surface area contributed by atoms with Crippen LogP contribution in [0, 0.1) is 6.92 Å². The van der Waals surface area contributed by atoms with Gasteiger partial charge in [-0.25, -0.2) is 4.98 Å². The average Bonchev–Trinajstić information content (AvgIpc) is 2.78. The number of aromatic nitrogens is 2. The highest BCUT2D eigenvalue weighted by atomic mass is 35.5. The van der Waals surface area contributed by atoms with E-state index in [0.29, 0.717) is 6.61 Å². The van der Waals surface area contributed by atoms with Crippen LogP contribution in [0.2, 0.25) is 0 Å². The first-order valence-corrected chi connectivity index (χ1v) is 7.76. The molecule has 0 radical (unpaired) electrons. The zero-order valence-corrected chi connectivity index (χ0v) is 14.0. The minimum Gasteiger partial charge on any atom is -0.378 e. The van der Waals surface area contributed by atoms with Crippen molar-refractivity contribution in [3.63, 3.8) is 0 Å². The zero-order chi connectivity index (χ0) is 15.4. The van der Waals surface area contributed by atoms with Crippen LogP contribution in [-0.4, -0.2) is 48.3 Å². The van der Waals surface area contributed by atoms with Gasteiger partial charge in [0.05, 0.1) is 29.6 Å². The van der Waals surface area contributed by atoms with Crippen LogP contribution in [0.3, 0.4) is 0 Å². The van der Waals surface area contributed by atoms with Gasteiger partial charge in [0.2, 0.25) is 0 Å². The van der Waals surface area contributed by atoms with Gasteiger partial charge >= 0.3 is 0 Å². The van der Waals surface area contributed by atoms with E-state index in [4.69, 9.17) is 16.3 Å². The summed E-state index contributed by atoms with van der Waals surface area (Å²) in [5.41, 5.74) is 3.39. The molecule has 1 aromatic heterocycles. The van der Waals surface area contributed by atoms with Gasteiger partial charge in [-0.1, -0.05) is 12.1 Å².